The maximum atomic E-state index is 13.3. The summed E-state index contributed by atoms with van der Waals surface area (Å²) in [7, 11) is 1.51. The molecule has 4 aromatic carbocycles. The Labute approximate surface area is 235 Å². The number of nitrogens with one attached hydrogen (secondary N) is 1. The number of barbiturate groups is 1. The molecule has 0 atom stereocenters. The number of rotatable bonds is 8. The van der Waals surface area contributed by atoms with Crippen molar-refractivity contribution in [3.63, 3.8) is 0 Å². The summed E-state index contributed by atoms with van der Waals surface area (Å²) in [6, 6.07) is 22.7. The molecule has 0 aliphatic carbocycles. The molecule has 0 radical (unpaired) electrons. The maximum absolute atomic E-state index is 13.3. The zero-order chi connectivity index (χ0) is 28.2. The third-order valence-corrected chi connectivity index (χ3v) is 6.61. The van der Waals surface area contributed by atoms with Crippen molar-refractivity contribution in [2.24, 2.45) is 0 Å². The minimum Gasteiger partial charge on any atom is -0.497 e. The first kappa shape index (κ1) is 26.8. The van der Waals surface area contributed by atoms with Crippen molar-refractivity contribution >= 4 is 52.0 Å². The van der Waals surface area contributed by atoms with Gasteiger partial charge in [-0.25, -0.2) is 9.69 Å². The smallest absolute Gasteiger partial charge is 0.335 e. The summed E-state index contributed by atoms with van der Waals surface area (Å²) in [6.45, 7) is 2.41. The molecule has 1 heterocycles. The number of anilines is 1. The number of benzene rings is 4. The van der Waals surface area contributed by atoms with Crippen LogP contribution >= 0.6 is 11.6 Å². The van der Waals surface area contributed by atoms with Gasteiger partial charge in [-0.05, 0) is 71.3 Å². The lowest BCUT2D eigenvalue weighted by atomic mass is 10.1. The summed E-state index contributed by atoms with van der Waals surface area (Å²) < 4.78 is 17.1. The van der Waals surface area contributed by atoms with Gasteiger partial charge in [0, 0.05) is 0 Å². The Balaban J connectivity index is 1.45. The zero-order valence-electron chi connectivity index (χ0n) is 21.8. The normalized spacial score (nSPS) is 14.4. The number of hydrogen-bond donors (Lipinski definition) is 1. The molecule has 40 heavy (non-hydrogen) atoms. The highest BCUT2D eigenvalue weighted by Crippen LogP contribution is 2.38. The minimum absolute atomic E-state index is 0.238. The van der Waals surface area contributed by atoms with Crippen LogP contribution in [-0.4, -0.2) is 31.6 Å². The summed E-state index contributed by atoms with van der Waals surface area (Å²) in [6.07, 6.45) is 1.36. The van der Waals surface area contributed by atoms with E-state index in [1.165, 1.54) is 13.2 Å². The monoisotopic (exact) mass is 556 g/mol. The minimum atomic E-state index is -0.845. The van der Waals surface area contributed by atoms with Gasteiger partial charge < -0.3 is 14.2 Å². The van der Waals surface area contributed by atoms with Crippen molar-refractivity contribution in [1.82, 2.24) is 5.32 Å². The predicted octanol–water partition coefficient (Wildman–Crippen LogP) is 6.15. The Bertz CT molecular complexity index is 1640. The zero-order valence-corrected chi connectivity index (χ0v) is 22.5. The second-order valence-electron chi connectivity index (χ2n) is 8.85. The summed E-state index contributed by atoms with van der Waals surface area (Å²) >= 11 is 6.63. The molecule has 1 aliphatic rings. The van der Waals surface area contributed by atoms with E-state index in [4.69, 9.17) is 25.8 Å². The fourth-order valence-electron chi connectivity index (χ4n) is 4.43. The van der Waals surface area contributed by atoms with E-state index in [1.54, 1.807) is 36.4 Å². The van der Waals surface area contributed by atoms with Gasteiger partial charge in [0.05, 0.1) is 24.4 Å². The lowest BCUT2D eigenvalue weighted by Crippen LogP contribution is -2.54. The van der Waals surface area contributed by atoms with Gasteiger partial charge in [-0.1, -0.05) is 54.1 Å². The number of halogens is 1. The number of ether oxygens (including phenoxy) is 3. The highest BCUT2D eigenvalue weighted by Gasteiger charge is 2.37. The Hall–Kier alpha value is -4.82. The number of carbonyl (C=O) groups is 3. The number of fused-ring (bicyclic) bond motifs is 1. The van der Waals surface area contributed by atoms with Crippen molar-refractivity contribution < 1.29 is 28.6 Å². The molecule has 8 nitrogen and oxygen atoms in total. The second-order valence-corrected chi connectivity index (χ2v) is 9.25. The standard InChI is InChI=1S/C31H25ClN2O6/c1-3-39-27-17-19(16-26(32)28(27)40-18-21-9-6-8-20-7-4-5-10-24(20)21)15-25-29(35)33-31(37)34(30(25)36)22-11-13-23(38-2)14-12-22/h4-17H,3,18H2,1-2H3,(H,33,35,37)/b25-15-. The number of methoxy groups -OCH3 is 1. The molecule has 0 unspecified atom stereocenters. The summed E-state index contributed by atoms with van der Waals surface area (Å²) in [5.74, 6) is -0.336. The molecule has 1 fully saturated rings. The van der Waals surface area contributed by atoms with E-state index >= 15 is 0 Å². The van der Waals surface area contributed by atoms with Gasteiger partial charge in [0.25, 0.3) is 11.8 Å². The lowest BCUT2D eigenvalue weighted by molar-refractivity contribution is -0.122. The molecule has 1 saturated heterocycles. The van der Waals surface area contributed by atoms with Crippen molar-refractivity contribution in [3.05, 3.63) is 101 Å². The number of amides is 4. The van der Waals surface area contributed by atoms with Crippen LogP contribution < -0.4 is 24.4 Å². The van der Waals surface area contributed by atoms with Gasteiger partial charge in [0.2, 0.25) is 0 Å². The number of urea groups is 1. The molecule has 9 heteroatoms. The van der Waals surface area contributed by atoms with Crippen molar-refractivity contribution in [2.75, 3.05) is 18.6 Å². The molecule has 0 bridgehead atoms. The van der Waals surface area contributed by atoms with Crippen LogP contribution in [0.1, 0.15) is 18.1 Å². The number of carbonyl (C=O) groups excluding carboxylic acids is 3. The summed E-state index contributed by atoms with van der Waals surface area (Å²) in [5, 5.41) is 4.62. The average molecular weight is 557 g/mol. The van der Waals surface area contributed by atoms with Crippen molar-refractivity contribution in [2.45, 2.75) is 13.5 Å². The Morgan fingerprint density at radius 2 is 1.68 bits per heavy atom. The van der Waals surface area contributed by atoms with Crippen LogP contribution in [0, 0.1) is 0 Å². The first-order valence-electron chi connectivity index (χ1n) is 12.5. The van der Waals surface area contributed by atoms with Crippen LogP contribution in [0.15, 0.2) is 84.4 Å². The molecule has 5 rings (SSSR count). The average Bonchev–Trinajstić information content (AvgIpc) is 2.95. The molecule has 4 amide bonds. The lowest BCUT2D eigenvalue weighted by Gasteiger charge is -2.26. The first-order chi connectivity index (χ1) is 19.4. The number of imide groups is 2. The predicted molar refractivity (Wildman–Crippen MR) is 153 cm³/mol. The third kappa shape index (κ3) is 5.34. The van der Waals surface area contributed by atoms with E-state index in [9.17, 15) is 14.4 Å². The second kappa shape index (κ2) is 11.5. The molecular weight excluding hydrogens is 532 g/mol. The summed E-state index contributed by atoms with van der Waals surface area (Å²) in [5.41, 5.74) is 1.45. The quantitative estimate of drug-likeness (QED) is 0.207. The first-order valence-corrected chi connectivity index (χ1v) is 12.9. The molecule has 0 aromatic heterocycles. The van der Waals surface area contributed by atoms with Crippen LogP contribution in [-0.2, 0) is 16.2 Å². The highest BCUT2D eigenvalue weighted by atomic mass is 35.5. The van der Waals surface area contributed by atoms with Gasteiger partial charge in [0.15, 0.2) is 11.5 Å². The Morgan fingerprint density at radius 3 is 2.42 bits per heavy atom. The van der Waals surface area contributed by atoms with Crippen LogP contribution in [0.5, 0.6) is 17.2 Å². The van der Waals surface area contributed by atoms with E-state index in [-0.39, 0.29) is 22.9 Å². The van der Waals surface area contributed by atoms with Crippen molar-refractivity contribution in [3.8, 4) is 17.2 Å². The van der Waals surface area contributed by atoms with E-state index in [1.807, 2.05) is 49.4 Å². The maximum Gasteiger partial charge on any atom is 0.335 e. The van der Waals surface area contributed by atoms with Crippen LogP contribution in [0.2, 0.25) is 5.02 Å². The van der Waals surface area contributed by atoms with Gasteiger partial charge in [-0.3, -0.25) is 14.9 Å². The number of nitrogens with zero attached hydrogens (tertiary/aromatic N) is 1. The van der Waals surface area contributed by atoms with Gasteiger partial charge in [0.1, 0.15) is 17.9 Å². The Morgan fingerprint density at radius 1 is 0.925 bits per heavy atom. The SMILES string of the molecule is CCOc1cc(/C=C2/C(=O)NC(=O)N(c3ccc(OC)cc3)C2=O)cc(Cl)c1OCc1cccc2ccccc12. The van der Waals surface area contributed by atoms with Crippen molar-refractivity contribution in [1.29, 1.82) is 0 Å². The van der Waals surface area contributed by atoms with Crippen LogP contribution in [0.4, 0.5) is 10.5 Å². The highest BCUT2D eigenvalue weighted by molar-refractivity contribution is 6.39. The largest absolute Gasteiger partial charge is 0.497 e. The van der Waals surface area contributed by atoms with E-state index in [2.05, 4.69) is 5.32 Å². The van der Waals surface area contributed by atoms with Gasteiger partial charge >= 0.3 is 6.03 Å². The van der Waals surface area contributed by atoms with Crippen LogP contribution in [0.3, 0.4) is 0 Å². The van der Waals surface area contributed by atoms with E-state index in [0.717, 1.165) is 21.2 Å². The number of hydrogen-bond acceptors (Lipinski definition) is 6. The van der Waals surface area contributed by atoms with E-state index < -0.39 is 17.8 Å². The third-order valence-electron chi connectivity index (χ3n) is 6.33. The Kier molecular flexibility index (Phi) is 7.70. The molecule has 4 aromatic rings. The molecule has 1 aliphatic heterocycles. The van der Waals surface area contributed by atoms with Gasteiger partial charge in [-0.2, -0.15) is 0 Å². The van der Waals surface area contributed by atoms with Gasteiger partial charge in [-0.15, -0.1) is 0 Å². The summed E-state index contributed by atoms with van der Waals surface area (Å²) in [4.78, 5) is 39.4. The van der Waals surface area contributed by atoms with E-state index in [0.29, 0.717) is 29.4 Å². The fraction of sp³-hybridized carbons (Fsp3) is 0.129. The molecule has 0 spiro atoms. The molecular formula is C31H25ClN2O6. The fourth-order valence-corrected chi connectivity index (χ4v) is 4.71. The molecule has 202 valence electrons. The topological polar surface area (TPSA) is 94.2 Å². The molecule has 1 N–H and O–H groups in total. The molecule has 0 saturated carbocycles. The van der Waals surface area contributed by atoms with Crippen LogP contribution in [0.25, 0.3) is 16.8 Å².